The first kappa shape index (κ1) is 50.4. The topological polar surface area (TPSA) is 580 Å². The highest BCUT2D eigenvalue weighted by molar-refractivity contribution is 7.74. The molecule has 50 heavy (non-hydrogen) atoms. The SMILES string of the molecule is O=C(O)C(O)C(O)C(=O)OP(=O)(O)OP(=O)(O)OP(=O)(O)OP(=O)(O)OP(=O)(O)OP(=O)(O)OP(=O)(O)OP(=O)(O)OP(=O)(O)OP(=O)(O)O. The number of carbonyl (C=O) groups excluding carboxylic acids is 1. The lowest BCUT2D eigenvalue weighted by molar-refractivity contribution is -0.164. The number of hydrogen-bond acceptors (Lipinski definition) is 24. The maximum Gasteiger partial charge on any atom is 0.538 e. The highest BCUT2D eigenvalue weighted by Crippen LogP contribution is 2.78. The van der Waals surface area contributed by atoms with Crippen molar-refractivity contribution in [1.29, 1.82) is 0 Å². The molecule has 14 N–H and O–H groups in total. The molecule has 0 aromatic rings. The van der Waals surface area contributed by atoms with Crippen molar-refractivity contribution in [3.05, 3.63) is 0 Å². The van der Waals surface area contributed by atoms with Gasteiger partial charge in [-0.3, -0.25) is 4.89 Å². The minimum atomic E-state index is -6.94. The molecule has 0 aromatic heterocycles. The second kappa shape index (κ2) is 17.0. The molecule has 298 valence electrons. The van der Waals surface area contributed by atoms with Crippen LogP contribution in [0.4, 0.5) is 0 Å². The van der Waals surface area contributed by atoms with Crippen molar-refractivity contribution in [3.8, 4) is 0 Å². The van der Waals surface area contributed by atoms with E-state index in [-0.39, 0.29) is 0 Å². The average molecular weight is 950 g/mol. The van der Waals surface area contributed by atoms with Gasteiger partial charge in [-0.15, -0.1) is 0 Å². The van der Waals surface area contributed by atoms with Crippen LogP contribution in [0.3, 0.4) is 0 Å². The summed E-state index contributed by atoms with van der Waals surface area (Å²) in [5.74, 6) is -4.90. The smallest absolute Gasteiger partial charge is 0.479 e. The first-order valence-electron chi connectivity index (χ1n) is 9.76. The van der Waals surface area contributed by atoms with Crippen LogP contribution in [-0.2, 0) is 98.6 Å². The average Bonchev–Trinajstić information content (AvgIpc) is 2.67. The Bertz CT molecular complexity index is 1770. The lowest BCUT2D eigenvalue weighted by Crippen LogP contribution is -2.40. The zero-order chi connectivity index (χ0) is 40.4. The summed E-state index contributed by atoms with van der Waals surface area (Å²) in [4.78, 5) is 122. The van der Waals surface area contributed by atoms with Gasteiger partial charge in [-0.25, -0.2) is 55.2 Å². The van der Waals surface area contributed by atoms with Crippen molar-refractivity contribution in [2.45, 2.75) is 12.2 Å². The van der Waals surface area contributed by atoms with Gasteiger partial charge >= 0.3 is 90.2 Å². The molecule has 0 aliphatic rings. The van der Waals surface area contributed by atoms with Gasteiger partial charge in [-0.05, 0) is 0 Å². The highest BCUT2D eigenvalue weighted by Gasteiger charge is 2.53. The largest absolute Gasteiger partial charge is 0.538 e. The van der Waals surface area contributed by atoms with Crippen molar-refractivity contribution in [2.24, 2.45) is 0 Å². The monoisotopic (exact) mass is 950 g/mol. The Morgan fingerprint density at radius 3 is 0.760 bits per heavy atom. The lowest BCUT2D eigenvalue weighted by atomic mass is 10.2. The predicted octanol–water partition coefficient (Wildman–Crippen LogP) is -1.52. The quantitative estimate of drug-likeness (QED) is 0.0548. The van der Waals surface area contributed by atoms with Crippen molar-refractivity contribution < 1.29 is 168 Å². The van der Waals surface area contributed by atoms with Gasteiger partial charge in [0.05, 0.1) is 0 Å². The third-order valence-electron chi connectivity index (χ3n) is 2.86. The van der Waals surface area contributed by atoms with E-state index in [2.05, 4.69) is 43.3 Å². The second-order valence-electron chi connectivity index (χ2n) is 7.08. The molecule has 0 saturated heterocycles. The molecule has 0 aliphatic carbocycles. The van der Waals surface area contributed by atoms with E-state index in [0.717, 1.165) is 0 Å². The number of rotatable bonds is 22. The van der Waals surface area contributed by atoms with Gasteiger partial charge < -0.3 is 68.8 Å². The van der Waals surface area contributed by atoms with Gasteiger partial charge in [0.25, 0.3) is 0 Å². The zero-order valence-corrected chi connectivity index (χ0v) is 30.8. The third kappa shape index (κ3) is 21.3. The Hall–Kier alpha value is 0.360. The van der Waals surface area contributed by atoms with Crippen LogP contribution in [-0.4, -0.2) is 93.3 Å². The molecular formula is C4H16O36P10. The Morgan fingerprint density at radius 1 is 0.360 bits per heavy atom. The number of phosphoric acid groups is 10. The van der Waals surface area contributed by atoms with Gasteiger partial charge in [0.15, 0.2) is 12.2 Å². The van der Waals surface area contributed by atoms with Crippen LogP contribution < -0.4 is 0 Å². The maximum absolute atomic E-state index is 11.8. The van der Waals surface area contributed by atoms with Gasteiger partial charge in [-0.1, -0.05) is 0 Å². The number of aliphatic hydroxyl groups is 2. The van der Waals surface area contributed by atoms with E-state index in [1.165, 1.54) is 0 Å². The maximum atomic E-state index is 11.8. The number of hydrogen-bond donors (Lipinski definition) is 14. The molecule has 0 spiro atoms. The molecule has 36 nitrogen and oxygen atoms in total. The highest BCUT2D eigenvalue weighted by atomic mass is 31.3. The van der Waals surface area contributed by atoms with Crippen molar-refractivity contribution in [2.75, 3.05) is 0 Å². The molecular weight excluding hydrogens is 934 g/mol. The summed E-state index contributed by atoms with van der Waals surface area (Å²) < 4.78 is 147. The number of carboxylic acid groups (broad SMARTS) is 1. The summed E-state index contributed by atoms with van der Waals surface area (Å²) in [6.07, 6.45) is -6.24. The number of carbonyl (C=O) groups is 2. The second-order valence-corrected chi connectivity index (χ2v) is 22.6. The van der Waals surface area contributed by atoms with E-state index in [9.17, 15) is 89.5 Å². The van der Waals surface area contributed by atoms with E-state index in [4.69, 9.17) is 34.9 Å². The Kier molecular flexibility index (Phi) is 17.1. The fraction of sp³-hybridized carbons (Fsp3) is 0.500. The summed E-state index contributed by atoms with van der Waals surface area (Å²) in [5.41, 5.74) is 0. The van der Waals surface area contributed by atoms with Gasteiger partial charge in [0.1, 0.15) is 0 Å². The molecule has 0 saturated carbocycles. The van der Waals surface area contributed by atoms with Crippen LogP contribution in [0.5, 0.6) is 0 Å². The van der Waals surface area contributed by atoms with E-state index in [1.807, 2.05) is 0 Å². The molecule has 46 heteroatoms. The first-order valence-corrected chi connectivity index (χ1v) is 24.7. The van der Waals surface area contributed by atoms with Crippen LogP contribution in [0.25, 0.3) is 0 Å². The molecule has 0 heterocycles. The molecule has 11 unspecified atom stereocenters. The molecule has 0 amide bonds. The summed E-state index contributed by atoms with van der Waals surface area (Å²) in [6, 6.07) is 0. The molecule has 0 aliphatic heterocycles. The van der Waals surface area contributed by atoms with Crippen LogP contribution in [0.15, 0.2) is 0 Å². The zero-order valence-electron chi connectivity index (χ0n) is 21.9. The van der Waals surface area contributed by atoms with E-state index in [1.54, 1.807) is 0 Å². The third-order valence-corrected chi connectivity index (χ3v) is 18.2. The van der Waals surface area contributed by atoms with Crippen molar-refractivity contribution in [1.82, 2.24) is 0 Å². The Labute approximate surface area is 270 Å². The van der Waals surface area contributed by atoms with Gasteiger partial charge in [0.2, 0.25) is 0 Å². The molecule has 11 atom stereocenters. The molecule has 0 bridgehead atoms. The number of aliphatic hydroxyl groups excluding tert-OH is 2. The van der Waals surface area contributed by atoms with Gasteiger partial charge in [0, 0.05) is 0 Å². The van der Waals surface area contributed by atoms with Crippen LogP contribution in [0, 0.1) is 0 Å². The van der Waals surface area contributed by atoms with Crippen molar-refractivity contribution in [3.63, 3.8) is 0 Å². The Balaban J connectivity index is 5.65. The van der Waals surface area contributed by atoms with Gasteiger partial charge in [-0.2, -0.15) is 38.8 Å². The van der Waals surface area contributed by atoms with Crippen LogP contribution >= 0.6 is 78.2 Å². The Morgan fingerprint density at radius 2 is 0.560 bits per heavy atom. The normalized spacial score (nSPS) is 24.7. The first-order chi connectivity index (χ1) is 21.5. The molecule has 0 fully saturated rings. The summed E-state index contributed by atoms with van der Waals surface area (Å²) in [5, 5.41) is 26.5. The van der Waals surface area contributed by atoms with E-state index in [0.29, 0.717) is 0 Å². The minimum absolute atomic E-state index is 2.33. The molecule has 0 radical (unpaired) electrons. The van der Waals surface area contributed by atoms with Crippen molar-refractivity contribution >= 4 is 90.2 Å². The van der Waals surface area contributed by atoms with E-state index >= 15 is 0 Å². The predicted molar refractivity (Wildman–Crippen MR) is 136 cm³/mol. The summed E-state index contributed by atoms with van der Waals surface area (Å²) >= 11 is 0. The number of phosphoric ester groups is 1. The molecule has 0 rings (SSSR count). The number of carboxylic acids is 1. The summed E-state index contributed by atoms with van der Waals surface area (Å²) in [7, 11) is -66.8. The fourth-order valence-corrected chi connectivity index (χ4v) is 14.7. The minimum Gasteiger partial charge on any atom is -0.479 e. The molecule has 0 aromatic carbocycles. The number of aliphatic carboxylic acids is 1. The fourth-order valence-electron chi connectivity index (χ4n) is 1.75. The van der Waals surface area contributed by atoms with E-state index < -0.39 is 102 Å². The van der Waals surface area contributed by atoms with Crippen LogP contribution in [0.1, 0.15) is 0 Å². The summed E-state index contributed by atoms with van der Waals surface area (Å²) in [6.45, 7) is 0. The van der Waals surface area contributed by atoms with Crippen LogP contribution in [0.2, 0.25) is 0 Å². The lowest BCUT2D eigenvalue weighted by Gasteiger charge is -2.22. The standard InChI is InChI=1S/C4H16O36P10/c5-1(3(7)8)2(6)4(9)31-42(13,14)33-44(17,18)35-46(21,22)37-48(25,26)39-50(29,30)40-49(27,28)38-47(23,24)36-45(19,20)34-43(15,16)32-41(10,11)12/h1-2,5-6H,(H,7,8)(H,13,14)(H,15,16)(H,17,18)(H,19,20)(H,21,22)(H,23,24)(H,25,26)(H,27,28)(H,29,30)(H2,10,11,12).